The predicted molar refractivity (Wildman–Crippen MR) is 95.8 cm³/mol. The van der Waals surface area contributed by atoms with Crippen LogP contribution in [0.3, 0.4) is 0 Å². The van der Waals surface area contributed by atoms with Gasteiger partial charge in [0.05, 0.1) is 17.2 Å². The van der Waals surface area contributed by atoms with E-state index in [2.05, 4.69) is 31.9 Å². The zero-order chi connectivity index (χ0) is 17.4. The average molecular weight is 337 g/mol. The molecule has 0 aliphatic carbocycles. The fraction of sp³-hybridized carbons (Fsp3) is 0.389. The molecule has 129 valence electrons. The molecule has 1 radical (unpaired) electrons. The van der Waals surface area contributed by atoms with Gasteiger partial charge in [0.2, 0.25) is 5.88 Å². The molecule has 3 aromatic rings. The molecule has 1 unspecified atom stereocenters. The quantitative estimate of drug-likeness (QED) is 0.793. The van der Waals surface area contributed by atoms with Gasteiger partial charge in [-0.3, -0.25) is 5.73 Å². The van der Waals surface area contributed by atoms with Gasteiger partial charge in [0.1, 0.15) is 6.10 Å². The summed E-state index contributed by atoms with van der Waals surface area (Å²) in [6.45, 7) is 4.01. The van der Waals surface area contributed by atoms with Gasteiger partial charge in [-0.2, -0.15) is 0 Å². The Morgan fingerprint density at radius 1 is 1.32 bits per heavy atom. The van der Waals surface area contributed by atoms with Crippen LogP contribution in [0.1, 0.15) is 18.4 Å². The number of aryl methyl sites for hydroxylation is 1. The Bertz CT molecular complexity index is 906. The molecule has 1 saturated heterocycles. The lowest BCUT2D eigenvalue weighted by Crippen LogP contribution is -2.38. The van der Waals surface area contributed by atoms with Crippen molar-refractivity contribution in [2.45, 2.75) is 25.9 Å². The molecular formula is C18H21N6O. The summed E-state index contributed by atoms with van der Waals surface area (Å²) in [6, 6.07) is 6.00. The fourth-order valence-corrected chi connectivity index (χ4v) is 3.22. The van der Waals surface area contributed by atoms with Crippen molar-refractivity contribution in [3.05, 3.63) is 30.0 Å². The molecule has 4 rings (SSSR count). The highest BCUT2D eigenvalue weighted by Gasteiger charge is 2.20. The van der Waals surface area contributed by atoms with Gasteiger partial charge in [0.15, 0.2) is 17.3 Å². The van der Waals surface area contributed by atoms with Gasteiger partial charge in [0, 0.05) is 6.54 Å². The van der Waals surface area contributed by atoms with Gasteiger partial charge in [-0.1, -0.05) is 6.07 Å². The first-order chi connectivity index (χ1) is 12.1. The van der Waals surface area contributed by atoms with Crippen molar-refractivity contribution in [2.75, 3.05) is 20.1 Å². The topological polar surface area (TPSA) is 90.7 Å². The lowest BCUT2D eigenvalue weighted by atomic mass is 10.1. The summed E-state index contributed by atoms with van der Waals surface area (Å²) in [5, 5.41) is 0. The SMILES string of the molecule is Cc1ccc2nc(-c3nc(OC4CCCN(C)C4)cnc3[NH])[nH]c2c1. The lowest BCUT2D eigenvalue weighted by Gasteiger charge is -2.29. The number of aromatic amines is 1. The van der Waals surface area contributed by atoms with E-state index in [1.54, 1.807) is 0 Å². The normalized spacial score (nSPS) is 18.6. The van der Waals surface area contributed by atoms with E-state index in [0.29, 0.717) is 17.4 Å². The number of hydrogen-bond donors (Lipinski definition) is 1. The summed E-state index contributed by atoms with van der Waals surface area (Å²) in [4.78, 5) is 18.7. The largest absolute Gasteiger partial charge is 0.472 e. The number of aromatic nitrogens is 4. The van der Waals surface area contributed by atoms with Crippen molar-refractivity contribution in [3.8, 4) is 17.4 Å². The maximum atomic E-state index is 8.07. The Kier molecular flexibility index (Phi) is 4.01. The average Bonchev–Trinajstić information content (AvgIpc) is 2.99. The minimum absolute atomic E-state index is 0.0869. The molecule has 7 heteroatoms. The van der Waals surface area contributed by atoms with Crippen molar-refractivity contribution in [1.29, 1.82) is 0 Å². The molecule has 0 amide bonds. The van der Waals surface area contributed by atoms with Gasteiger partial charge in [-0.15, -0.1) is 0 Å². The second-order valence-electron chi connectivity index (χ2n) is 6.66. The number of H-pyrrole nitrogens is 1. The molecular weight excluding hydrogens is 316 g/mol. The highest BCUT2D eigenvalue weighted by molar-refractivity contribution is 5.80. The third kappa shape index (κ3) is 3.28. The van der Waals surface area contributed by atoms with E-state index >= 15 is 0 Å². The van der Waals surface area contributed by atoms with Gasteiger partial charge >= 0.3 is 0 Å². The Morgan fingerprint density at radius 3 is 3.04 bits per heavy atom. The number of nitrogens with zero attached hydrogens (tertiary/aromatic N) is 4. The number of nitrogens with one attached hydrogen (secondary N) is 2. The molecule has 0 spiro atoms. The molecule has 2 aromatic heterocycles. The first kappa shape index (κ1) is 15.8. The van der Waals surface area contributed by atoms with E-state index < -0.39 is 0 Å². The molecule has 1 aromatic carbocycles. The van der Waals surface area contributed by atoms with E-state index in [1.807, 2.05) is 25.1 Å². The van der Waals surface area contributed by atoms with Crippen LogP contribution in [-0.2, 0) is 0 Å². The summed E-state index contributed by atoms with van der Waals surface area (Å²) in [5.41, 5.74) is 11.4. The zero-order valence-corrected chi connectivity index (χ0v) is 14.4. The molecule has 1 atom stereocenters. The van der Waals surface area contributed by atoms with E-state index in [4.69, 9.17) is 10.5 Å². The van der Waals surface area contributed by atoms with Crippen molar-refractivity contribution < 1.29 is 4.74 Å². The lowest BCUT2D eigenvalue weighted by molar-refractivity contribution is 0.0997. The smallest absolute Gasteiger partial charge is 0.233 e. The van der Waals surface area contributed by atoms with Gasteiger partial charge in [0.25, 0.3) is 0 Å². The molecule has 1 aliphatic heterocycles. The minimum Gasteiger partial charge on any atom is -0.472 e. The minimum atomic E-state index is 0.0869. The highest BCUT2D eigenvalue weighted by Crippen LogP contribution is 2.26. The molecule has 7 nitrogen and oxygen atoms in total. The van der Waals surface area contributed by atoms with Crippen LogP contribution in [0.4, 0.5) is 5.82 Å². The number of benzene rings is 1. The number of imidazole rings is 1. The van der Waals surface area contributed by atoms with Crippen LogP contribution in [0.15, 0.2) is 24.4 Å². The van der Waals surface area contributed by atoms with Crippen molar-refractivity contribution in [1.82, 2.24) is 30.6 Å². The van der Waals surface area contributed by atoms with E-state index in [9.17, 15) is 0 Å². The summed E-state index contributed by atoms with van der Waals surface area (Å²) in [6.07, 6.45) is 3.75. The van der Waals surface area contributed by atoms with Crippen LogP contribution < -0.4 is 10.5 Å². The number of hydrogen-bond acceptors (Lipinski definition) is 5. The summed E-state index contributed by atoms with van der Waals surface area (Å²) >= 11 is 0. The van der Waals surface area contributed by atoms with Crippen molar-refractivity contribution in [3.63, 3.8) is 0 Å². The molecule has 0 saturated carbocycles. The summed E-state index contributed by atoms with van der Waals surface area (Å²) in [5.74, 6) is 1.08. The Hall–Kier alpha value is -2.67. The van der Waals surface area contributed by atoms with E-state index in [1.165, 1.54) is 6.20 Å². The van der Waals surface area contributed by atoms with E-state index in [-0.39, 0.29) is 11.9 Å². The zero-order valence-electron chi connectivity index (χ0n) is 14.4. The number of likely N-dealkylation sites (tertiary alicyclic amines) is 1. The number of ether oxygens (including phenoxy) is 1. The Labute approximate surface area is 146 Å². The fourth-order valence-electron chi connectivity index (χ4n) is 3.22. The maximum Gasteiger partial charge on any atom is 0.233 e. The van der Waals surface area contributed by atoms with Gasteiger partial charge in [-0.25, -0.2) is 15.0 Å². The van der Waals surface area contributed by atoms with Crippen LogP contribution in [-0.4, -0.2) is 51.1 Å². The number of piperidine rings is 1. The maximum absolute atomic E-state index is 8.07. The Balaban J connectivity index is 1.64. The molecule has 0 bridgehead atoms. The van der Waals surface area contributed by atoms with Crippen LogP contribution in [0.5, 0.6) is 5.88 Å². The van der Waals surface area contributed by atoms with Crippen LogP contribution in [0.2, 0.25) is 0 Å². The highest BCUT2D eigenvalue weighted by atomic mass is 16.5. The third-order valence-electron chi connectivity index (χ3n) is 4.48. The molecule has 2 N–H and O–H groups in total. The standard InChI is InChI=1S/C18H21N6O/c1-11-5-6-13-14(8-11)22-18(21-13)16-17(19)20-9-15(23-16)25-12-4-3-7-24(2)10-12/h5-6,8-9,12,19H,3-4,7,10H2,1-2H3,(H,21,22). The molecule has 3 heterocycles. The second kappa shape index (κ2) is 6.33. The van der Waals surface area contributed by atoms with Crippen LogP contribution in [0, 0.1) is 6.92 Å². The summed E-state index contributed by atoms with van der Waals surface area (Å²) < 4.78 is 6.00. The van der Waals surface area contributed by atoms with Crippen molar-refractivity contribution in [2.24, 2.45) is 0 Å². The number of fused-ring (bicyclic) bond motifs is 1. The molecule has 1 aliphatic rings. The van der Waals surface area contributed by atoms with Crippen LogP contribution in [0.25, 0.3) is 22.6 Å². The third-order valence-corrected chi connectivity index (χ3v) is 4.48. The number of rotatable bonds is 3. The van der Waals surface area contributed by atoms with Gasteiger partial charge in [-0.05, 0) is 51.1 Å². The first-order valence-electron chi connectivity index (χ1n) is 8.49. The predicted octanol–water partition coefficient (Wildman–Crippen LogP) is 2.72. The second-order valence-corrected chi connectivity index (χ2v) is 6.66. The van der Waals surface area contributed by atoms with E-state index in [0.717, 1.165) is 42.5 Å². The number of likely N-dealkylation sites (N-methyl/N-ethyl adjacent to an activating group) is 1. The molecule has 25 heavy (non-hydrogen) atoms. The monoisotopic (exact) mass is 337 g/mol. The van der Waals surface area contributed by atoms with Crippen molar-refractivity contribution >= 4 is 16.9 Å². The summed E-state index contributed by atoms with van der Waals surface area (Å²) in [7, 11) is 2.09. The van der Waals surface area contributed by atoms with Gasteiger partial charge < -0.3 is 14.6 Å². The first-order valence-corrected chi connectivity index (χ1v) is 8.49. The van der Waals surface area contributed by atoms with Crippen LogP contribution >= 0.6 is 0 Å². The Morgan fingerprint density at radius 2 is 2.20 bits per heavy atom. The molecule has 1 fully saturated rings.